The van der Waals surface area contributed by atoms with Gasteiger partial charge >= 0.3 is 5.97 Å². The van der Waals surface area contributed by atoms with Gasteiger partial charge in [0, 0.05) is 13.0 Å². The van der Waals surface area contributed by atoms with E-state index in [4.69, 9.17) is 4.74 Å². The minimum Gasteiger partial charge on any atom is -0.427 e. The quantitative estimate of drug-likeness (QED) is 0.277. The Hall–Kier alpha value is -2.29. The van der Waals surface area contributed by atoms with Crippen LogP contribution in [0.2, 0.25) is 0 Å². The molecule has 9 heteroatoms. The van der Waals surface area contributed by atoms with Gasteiger partial charge in [-0.25, -0.2) is 0 Å². The summed E-state index contributed by atoms with van der Waals surface area (Å²) < 4.78 is 7.51. The third-order valence-electron chi connectivity index (χ3n) is 2.29. The van der Waals surface area contributed by atoms with E-state index in [1.54, 1.807) is 0 Å². The number of hydrogen-bond donors (Lipinski definition) is 0. The molecule has 8 nitrogen and oxygen atoms in total. The molecule has 0 heterocycles. The second-order valence-electron chi connectivity index (χ2n) is 4.16. The maximum absolute atomic E-state index is 12.2. The van der Waals surface area contributed by atoms with Crippen molar-refractivity contribution in [3.05, 3.63) is 38.8 Å². The zero-order valence-electron chi connectivity index (χ0n) is 11.0. The van der Waals surface area contributed by atoms with Crippen LogP contribution in [0.3, 0.4) is 0 Å². The van der Waals surface area contributed by atoms with Crippen LogP contribution in [0.5, 0.6) is 5.75 Å². The van der Waals surface area contributed by atoms with Gasteiger partial charge in [0.15, 0.2) is 0 Å². The van der Waals surface area contributed by atoms with Crippen LogP contribution in [0.15, 0.2) is 22.8 Å². The maximum atomic E-state index is 12.2. The molecule has 0 unspecified atom stereocenters. The van der Waals surface area contributed by atoms with Crippen LogP contribution in [0, 0.1) is 15.0 Å². The van der Waals surface area contributed by atoms with Gasteiger partial charge in [-0.2, -0.15) is 0 Å². The molecule has 1 rings (SSSR count). The monoisotopic (exact) mass is 300 g/mol. The Morgan fingerprint density at radius 1 is 1.35 bits per heavy atom. The zero-order valence-corrected chi connectivity index (χ0v) is 11.8. The van der Waals surface area contributed by atoms with Crippen LogP contribution < -0.4 is 4.74 Å². The number of esters is 1. The van der Waals surface area contributed by atoms with Gasteiger partial charge in [0.2, 0.25) is 5.12 Å². The highest BCUT2D eigenvalue weighted by atomic mass is 32.3. The molecule has 0 saturated carbocycles. The second-order valence-corrected chi connectivity index (χ2v) is 7.23. The molecule has 0 fully saturated rings. The molecular weight excluding hydrogens is 288 g/mol. The fourth-order valence-electron chi connectivity index (χ4n) is 1.37. The van der Waals surface area contributed by atoms with E-state index in [0.717, 1.165) is 19.1 Å². The molecule has 0 aromatic heterocycles. The Bertz CT molecular complexity index is 599. The van der Waals surface area contributed by atoms with Gasteiger partial charge in [-0.3, -0.25) is 19.7 Å². The number of ether oxygens (including phenoxy) is 1. The van der Waals surface area contributed by atoms with Crippen molar-refractivity contribution in [2.45, 2.75) is 6.92 Å². The maximum Gasteiger partial charge on any atom is 0.308 e. The molecule has 20 heavy (non-hydrogen) atoms. The first-order valence-electron chi connectivity index (χ1n) is 5.28. The Kier molecular flexibility index (Phi) is 4.56. The van der Waals surface area contributed by atoms with Gasteiger partial charge in [-0.1, -0.05) is 0 Å². The fraction of sp³-hybridized carbons (Fsp3) is 0.273. The molecule has 0 spiro atoms. The summed E-state index contributed by atoms with van der Waals surface area (Å²) in [4.78, 5) is 43.9. The zero-order chi connectivity index (χ0) is 15.5. The largest absolute Gasteiger partial charge is 0.427 e. The molecule has 0 saturated heterocycles. The van der Waals surface area contributed by atoms with E-state index in [9.17, 15) is 24.6 Å². The molecule has 108 valence electrons. The summed E-state index contributed by atoms with van der Waals surface area (Å²) in [6, 6.07) is 3.32. The number of nitroso groups, excluding NO2 is 1. The predicted molar refractivity (Wildman–Crippen MR) is 74.0 cm³/mol. The van der Waals surface area contributed by atoms with Crippen molar-refractivity contribution < 1.29 is 19.2 Å². The molecule has 0 N–H and O–H groups in total. The van der Waals surface area contributed by atoms with Gasteiger partial charge < -0.3 is 4.74 Å². The van der Waals surface area contributed by atoms with Crippen LogP contribution >= 0.6 is 10.2 Å². The van der Waals surface area contributed by atoms with Gasteiger partial charge in [0.05, 0.1) is 4.92 Å². The second kappa shape index (κ2) is 5.78. The minimum absolute atomic E-state index is 0.00690. The van der Waals surface area contributed by atoms with Crippen LogP contribution in [0.25, 0.3) is 0 Å². The lowest BCUT2D eigenvalue weighted by Gasteiger charge is -2.19. The van der Waals surface area contributed by atoms with Gasteiger partial charge in [0.1, 0.15) is 11.3 Å². The number of benzene rings is 1. The first-order valence-corrected chi connectivity index (χ1v) is 7.69. The summed E-state index contributed by atoms with van der Waals surface area (Å²) in [5.74, 6) is -0.634. The molecule has 0 amide bonds. The lowest BCUT2D eigenvalue weighted by Crippen LogP contribution is -2.11. The highest BCUT2D eigenvalue weighted by molar-refractivity contribution is 8.43. The van der Waals surface area contributed by atoms with Gasteiger partial charge in [0.25, 0.3) is 5.69 Å². The van der Waals surface area contributed by atoms with Crippen molar-refractivity contribution in [1.82, 2.24) is 0 Å². The van der Waals surface area contributed by atoms with Crippen molar-refractivity contribution in [3.8, 4) is 5.75 Å². The Morgan fingerprint density at radius 3 is 2.40 bits per heavy atom. The number of carbonyl (C=O) groups excluding carboxylic acids is 2. The number of nitro groups is 1. The molecular formula is C11H12N2O6S. The van der Waals surface area contributed by atoms with Crippen molar-refractivity contribution in [1.29, 1.82) is 0 Å². The highest BCUT2D eigenvalue weighted by Crippen LogP contribution is 2.46. The summed E-state index contributed by atoms with van der Waals surface area (Å²) in [6.07, 6.45) is 2.65. The lowest BCUT2D eigenvalue weighted by molar-refractivity contribution is -0.385. The third-order valence-corrected chi connectivity index (χ3v) is 3.79. The van der Waals surface area contributed by atoms with Crippen LogP contribution in [0.1, 0.15) is 17.3 Å². The topological polar surface area (TPSA) is 116 Å². The van der Waals surface area contributed by atoms with Crippen LogP contribution in [0.4, 0.5) is 5.69 Å². The Balaban J connectivity index is 3.39. The smallest absolute Gasteiger partial charge is 0.308 e. The number of rotatable bonds is 4. The Morgan fingerprint density at radius 2 is 1.95 bits per heavy atom. The average Bonchev–Trinajstić information content (AvgIpc) is 2.36. The molecule has 0 aliphatic rings. The van der Waals surface area contributed by atoms with E-state index >= 15 is 0 Å². The summed E-state index contributed by atoms with van der Waals surface area (Å²) in [6.45, 7) is 1.16. The summed E-state index contributed by atoms with van der Waals surface area (Å²) in [5, 5.41) is 10.2. The van der Waals surface area contributed by atoms with E-state index in [0.29, 0.717) is 0 Å². The first kappa shape index (κ1) is 15.8. The van der Waals surface area contributed by atoms with E-state index in [-0.39, 0.29) is 11.3 Å². The number of nitro benzene ring substituents is 1. The fourth-order valence-corrected chi connectivity index (χ4v) is 2.14. The van der Waals surface area contributed by atoms with Crippen molar-refractivity contribution in [2.24, 2.45) is 4.58 Å². The van der Waals surface area contributed by atoms with E-state index in [1.807, 2.05) is 0 Å². The number of nitrogens with zero attached hydrogens (tertiary/aromatic N) is 2. The molecule has 0 radical (unpaired) electrons. The predicted octanol–water partition coefficient (Wildman–Crippen LogP) is 2.41. The molecule has 0 aliphatic carbocycles. The number of carbonyl (C=O) groups is 2. The summed E-state index contributed by atoms with van der Waals surface area (Å²) in [7, 11) is -2.57. The van der Waals surface area contributed by atoms with Gasteiger partial charge in [-0.05, 0) is 39.4 Å². The SMILES string of the molecule is CC(=O)Oc1ccc([N+](=O)[O-])c(C(=O)S(C)(C)N=O)c1. The molecule has 0 bridgehead atoms. The summed E-state index contributed by atoms with van der Waals surface area (Å²) >= 11 is 0. The van der Waals surface area contributed by atoms with Crippen LogP contribution in [-0.4, -0.2) is 28.5 Å². The summed E-state index contributed by atoms with van der Waals surface area (Å²) in [5.41, 5.74) is -0.761. The lowest BCUT2D eigenvalue weighted by atomic mass is 10.2. The van der Waals surface area contributed by atoms with Crippen LogP contribution in [-0.2, 0) is 4.79 Å². The third kappa shape index (κ3) is 3.38. The molecule has 1 aromatic carbocycles. The van der Waals surface area contributed by atoms with Crippen molar-refractivity contribution in [3.63, 3.8) is 0 Å². The average molecular weight is 300 g/mol. The molecule has 0 atom stereocenters. The Labute approximate surface area is 115 Å². The van der Waals surface area contributed by atoms with Crippen molar-refractivity contribution >= 4 is 27.0 Å². The van der Waals surface area contributed by atoms with Crippen molar-refractivity contribution in [2.75, 3.05) is 12.5 Å². The standard InChI is InChI=1S/C11H12N2O6S/c1-7(14)19-8-4-5-10(13(17)18)9(6-8)11(15)20(2,3)12-16/h4-6H,1-3H3. The van der Waals surface area contributed by atoms with E-state index in [2.05, 4.69) is 4.58 Å². The minimum atomic E-state index is -2.57. The normalized spacial score (nSPS) is 11.6. The van der Waals surface area contributed by atoms with E-state index in [1.165, 1.54) is 18.6 Å². The molecule has 1 aromatic rings. The molecule has 0 aliphatic heterocycles. The first-order chi connectivity index (χ1) is 9.19. The number of hydrogen-bond acceptors (Lipinski definition) is 7. The highest BCUT2D eigenvalue weighted by Gasteiger charge is 2.31. The van der Waals surface area contributed by atoms with E-state index < -0.39 is 31.9 Å². The van der Waals surface area contributed by atoms with Gasteiger partial charge in [-0.15, -0.1) is 4.91 Å².